The maximum Gasteiger partial charge on any atom is 0.251 e. The lowest BCUT2D eigenvalue weighted by atomic mass is 10.0. The highest BCUT2D eigenvalue weighted by Crippen LogP contribution is 2.28. The highest BCUT2D eigenvalue weighted by atomic mass is 16.5. The third-order valence-corrected chi connectivity index (χ3v) is 5.17. The van der Waals surface area contributed by atoms with E-state index >= 15 is 0 Å². The van der Waals surface area contributed by atoms with Gasteiger partial charge >= 0.3 is 0 Å². The molecule has 3 amide bonds. The summed E-state index contributed by atoms with van der Waals surface area (Å²) in [7, 11) is 0. The fraction of sp³-hybridized carbons (Fsp3) is 0.524. The number of hydrogen-bond acceptors (Lipinski definition) is 5. The molecule has 2 N–H and O–H groups in total. The van der Waals surface area contributed by atoms with Gasteiger partial charge < -0.3 is 20.3 Å². The van der Waals surface area contributed by atoms with E-state index in [0.717, 1.165) is 0 Å². The van der Waals surface area contributed by atoms with Crippen LogP contribution in [0, 0.1) is 5.92 Å². The molecule has 29 heavy (non-hydrogen) atoms. The number of benzene rings is 1. The van der Waals surface area contributed by atoms with Gasteiger partial charge in [0.2, 0.25) is 11.8 Å². The molecule has 0 aliphatic carbocycles. The van der Waals surface area contributed by atoms with Crippen molar-refractivity contribution < 1.29 is 23.9 Å². The summed E-state index contributed by atoms with van der Waals surface area (Å²) in [5, 5.41) is 5.47. The molecule has 0 saturated carbocycles. The fourth-order valence-corrected chi connectivity index (χ4v) is 3.88. The van der Waals surface area contributed by atoms with Gasteiger partial charge in [0, 0.05) is 24.7 Å². The van der Waals surface area contributed by atoms with Crippen LogP contribution in [-0.4, -0.2) is 59.7 Å². The highest BCUT2D eigenvalue weighted by Gasteiger charge is 2.48. The zero-order valence-electron chi connectivity index (χ0n) is 16.9. The maximum absolute atomic E-state index is 13.2. The van der Waals surface area contributed by atoms with Crippen molar-refractivity contribution in [2.45, 2.75) is 51.8 Å². The Morgan fingerprint density at radius 3 is 2.52 bits per heavy atom. The van der Waals surface area contributed by atoms with Gasteiger partial charge in [-0.2, -0.15) is 0 Å². The Balaban J connectivity index is 1.71. The number of fused-ring (bicyclic) bond motifs is 1. The van der Waals surface area contributed by atoms with Gasteiger partial charge in [0.25, 0.3) is 5.91 Å². The molecule has 8 nitrogen and oxygen atoms in total. The van der Waals surface area contributed by atoms with Crippen LogP contribution in [0.3, 0.4) is 0 Å². The summed E-state index contributed by atoms with van der Waals surface area (Å²) >= 11 is 0. The van der Waals surface area contributed by atoms with Crippen molar-refractivity contribution in [1.82, 2.24) is 10.2 Å². The molecule has 2 aliphatic heterocycles. The minimum absolute atomic E-state index is 0.0426. The number of ether oxygens (including phenoxy) is 1. The lowest BCUT2D eigenvalue weighted by molar-refractivity contribution is -0.138. The first-order valence-corrected chi connectivity index (χ1v) is 9.89. The molecular weight excluding hydrogens is 374 g/mol. The van der Waals surface area contributed by atoms with Crippen LogP contribution in [0.25, 0.3) is 0 Å². The number of Topliss-reactive ketones (excluding diaryl/α,β-unsaturated/α-hetero) is 1. The second-order valence-electron chi connectivity index (χ2n) is 8.00. The highest BCUT2D eigenvalue weighted by molar-refractivity contribution is 5.99. The number of likely N-dealkylation sites (tertiary alicyclic amines) is 1. The second kappa shape index (κ2) is 8.73. The topological polar surface area (TPSA) is 105 Å². The van der Waals surface area contributed by atoms with Gasteiger partial charge in [0.05, 0.1) is 6.10 Å². The van der Waals surface area contributed by atoms with Gasteiger partial charge in [-0.15, -0.1) is 0 Å². The maximum atomic E-state index is 13.2. The molecular formula is C21H27N3O5. The molecule has 2 heterocycles. The predicted molar refractivity (Wildman–Crippen MR) is 106 cm³/mol. The van der Waals surface area contributed by atoms with Gasteiger partial charge in [0.1, 0.15) is 18.7 Å². The molecule has 2 aliphatic rings. The van der Waals surface area contributed by atoms with Crippen LogP contribution in [0.15, 0.2) is 24.3 Å². The van der Waals surface area contributed by atoms with Crippen molar-refractivity contribution in [3.8, 4) is 0 Å². The van der Waals surface area contributed by atoms with Gasteiger partial charge in [-0.25, -0.2) is 0 Å². The fourth-order valence-electron chi connectivity index (χ4n) is 3.88. The van der Waals surface area contributed by atoms with Crippen molar-refractivity contribution in [1.29, 1.82) is 0 Å². The molecule has 3 rings (SSSR count). The molecule has 0 unspecified atom stereocenters. The second-order valence-corrected chi connectivity index (χ2v) is 8.00. The number of anilines is 1. The van der Waals surface area contributed by atoms with Crippen molar-refractivity contribution in [3.63, 3.8) is 0 Å². The molecule has 0 spiro atoms. The van der Waals surface area contributed by atoms with Gasteiger partial charge in [0.15, 0.2) is 5.78 Å². The Bertz CT molecular complexity index is 805. The summed E-state index contributed by atoms with van der Waals surface area (Å²) in [5.74, 6) is -0.708. The quantitative estimate of drug-likeness (QED) is 0.749. The van der Waals surface area contributed by atoms with Crippen molar-refractivity contribution in [3.05, 3.63) is 29.8 Å². The van der Waals surface area contributed by atoms with Crippen LogP contribution in [-0.2, 0) is 19.1 Å². The van der Waals surface area contributed by atoms with E-state index in [1.165, 1.54) is 6.92 Å². The third kappa shape index (κ3) is 4.82. The molecule has 8 heteroatoms. The van der Waals surface area contributed by atoms with E-state index in [0.29, 0.717) is 30.6 Å². The Kier molecular flexibility index (Phi) is 6.32. The number of carbonyl (C=O) groups is 4. The summed E-state index contributed by atoms with van der Waals surface area (Å²) in [6.45, 7) is 5.86. The van der Waals surface area contributed by atoms with Crippen LogP contribution < -0.4 is 10.6 Å². The number of ketones is 1. The zero-order valence-corrected chi connectivity index (χ0v) is 16.9. The summed E-state index contributed by atoms with van der Waals surface area (Å²) < 4.78 is 5.46. The summed E-state index contributed by atoms with van der Waals surface area (Å²) in [6.07, 6.45) is 0.871. The summed E-state index contributed by atoms with van der Waals surface area (Å²) in [5.41, 5.74) is 0.979. The molecule has 3 atom stereocenters. The van der Waals surface area contributed by atoms with Crippen molar-refractivity contribution in [2.24, 2.45) is 5.92 Å². The van der Waals surface area contributed by atoms with E-state index in [1.54, 1.807) is 29.2 Å². The Labute approximate surface area is 170 Å². The SMILES string of the molecule is CC(=O)Nc1ccc(C(=O)N[C@@H](CC(C)C)C(=O)N2CC[C@H]3OCC(=O)[C@H]32)cc1. The van der Waals surface area contributed by atoms with Gasteiger partial charge in [-0.3, -0.25) is 19.2 Å². The average Bonchev–Trinajstić information content (AvgIpc) is 3.23. The average molecular weight is 401 g/mol. The molecule has 0 aromatic heterocycles. The Hall–Kier alpha value is -2.74. The first-order valence-electron chi connectivity index (χ1n) is 9.89. The lowest BCUT2D eigenvalue weighted by Crippen LogP contribution is -2.52. The number of carbonyl (C=O) groups excluding carboxylic acids is 4. The minimum Gasteiger partial charge on any atom is -0.368 e. The number of nitrogens with zero attached hydrogens (tertiary/aromatic N) is 1. The van der Waals surface area contributed by atoms with E-state index in [1.807, 2.05) is 13.8 Å². The molecule has 156 valence electrons. The molecule has 2 saturated heterocycles. The van der Waals surface area contributed by atoms with Crippen LogP contribution in [0.4, 0.5) is 5.69 Å². The van der Waals surface area contributed by atoms with Gasteiger partial charge in [-0.1, -0.05) is 13.8 Å². The van der Waals surface area contributed by atoms with Crippen LogP contribution in [0.1, 0.15) is 44.0 Å². The van der Waals surface area contributed by atoms with Crippen LogP contribution >= 0.6 is 0 Å². The predicted octanol–water partition coefficient (Wildman–Crippen LogP) is 1.36. The normalized spacial score (nSPS) is 21.8. The van der Waals surface area contributed by atoms with Crippen molar-refractivity contribution >= 4 is 29.2 Å². The van der Waals surface area contributed by atoms with E-state index in [-0.39, 0.29) is 42.1 Å². The Morgan fingerprint density at radius 1 is 1.21 bits per heavy atom. The van der Waals surface area contributed by atoms with E-state index < -0.39 is 12.1 Å². The smallest absolute Gasteiger partial charge is 0.251 e. The summed E-state index contributed by atoms with van der Waals surface area (Å²) in [4.78, 5) is 50.7. The monoisotopic (exact) mass is 401 g/mol. The summed E-state index contributed by atoms with van der Waals surface area (Å²) in [6, 6.07) is 5.20. The molecule has 0 bridgehead atoms. The van der Waals surface area contributed by atoms with Crippen LogP contribution in [0.5, 0.6) is 0 Å². The standard InChI is InChI=1S/C21H27N3O5/c1-12(2)10-16(21(28)24-9-8-18-19(24)17(26)11-29-18)23-20(27)14-4-6-15(7-5-14)22-13(3)25/h4-7,12,16,18-19H,8-11H2,1-3H3,(H,22,25)(H,23,27)/t16-,18+,19+/m0/s1. The minimum atomic E-state index is -0.718. The first-order chi connectivity index (χ1) is 13.8. The number of amides is 3. The molecule has 0 radical (unpaired) electrons. The molecule has 2 fully saturated rings. The number of hydrogen-bond donors (Lipinski definition) is 2. The van der Waals surface area contributed by atoms with Crippen LogP contribution in [0.2, 0.25) is 0 Å². The van der Waals surface area contributed by atoms with Gasteiger partial charge in [-0.05, 0) is 43.0 Å². The van der Waals surface area contributed by atoms with E-state index in [2.05, 4.69) is 10.6 Å². The largest absolute Gasteiger partial charge is 0.368 e. The van der Waals surface area contributed by atoms with E-state index in [9.17, 15) is 19.2 Å². The zero-order chi connectivity index (χ0) is 21.1. The number of nitrogens with one attached hydrogen (secondary N) is 2. The molecule has 1 aromatic carbocycles. The van der Waals surface area contributed by atoms with E-state index in [4.69, 9.17) is 4.74 Å². The third-order valence-electron chi connectivity index (χ3n) is 5.17. The van der Waals surface area contributed by atoms with Crippen molar-refractivity contribution in [2.75, 3.05) is 18.5 Å². The lowest BCUT2D eigenvalue weighted by Gasteiger charge is -2.28. The molecule has 1 aromatic rings. The number of rotatable bonds is 6. The Morgan fingerprint density at radius 2 is 1.90 bits per heavy atom. The first kappa shape index (κ1) is 21.0.